The van der Waals surface area contributed by atoms with Crippen molar-refractivity contribution in [3.05, 3.63) is 27.2 Å². The largest absolute Gasteiger partial charge is 0.478 e. The van der Waals surface area contributed by atoms with Crippen LogP contribution in [-0.2, 0) is 16.1 Å². The van der Waals surface area contributed by atoms with Gasteiger partial charge in [0.1, 0.15) is 5.01 Å². The molecule has 1 aromatic rings. The first-order valence-electron chi connectivity index (χ1n) is 5.02. The van der Waals surface area contributed by atoms with Crippen LogP contribution >= 0.6 is 11.3 Å². The van der Waals surface area contributed by atoms with E-state index in [0.717, 1.165) is 9.88 Å². The second-order valence-electron chi connectivity index (χ2n) is 3.60. The van der Waals surface area contributed by atoms with E-state index < -0.39 is 5.97 Å². The number of carbonyl (C=O) groups is 2. The van der Waals surface area contributed by atoms with Crippen LogP contribution in [0.4, 0.5) is 0 Å². The molecule has 0 unspecified atom stereocenters. The van der Waals surface area contributed by atoms with E-state index in [1.165, 1.54) is 25.2 Å². The van der Waals surface area contributed by atoms with Gasteiger partial charge in [0, 0.05) is 22.2 Å². The van der Waals surface area contributed by atoms with Crippen LogP contribution in [-0.4, -0.2) is 22.0 Å². The van der Waals surface area contributed by atoms with Gasteiger partial charge < -0.3 is 10.4 Å². The highest BCUT2D eigenvalue weighted by atomic mass is 32.1. The van der Waals surface area contributed by atoms with E-state index >= 15 is 0 Å². The number of aromatic nitrogens is 1. The summed E-state index contributed by atoms with van der Waals surface area (Å²) in [6.07, 6.45) is 1.73. The lowest BCUT2D eigenvalue weighted by Crippen LogP contribution is -2.25. The average Bonchev–Trinajstić information content (AvgIpc) is 2.69. The van der Waals surface area contributed by atoms with Crippen molar-refractivity contribution in [2.45, 2.75) is 27.3 Å². The number of aryl methyl sites for hydroxylation is 1. The van der Waals surface area contributed by atoms with E-state index in [0.29, 0.717) is 6.54 Å². The number of hydrogen-bond donors (Lipinski definition) is 2. The number of carbonyl (C=O) groups excluding carboxylic acids is 1. The van der Waals surface area contributed by atoms with Crippen molar-refractivity contribution in [3.8, 4) is 0 Å². The van der Waals surface area contributed by atoms with Gasteiger partial charge >= 0.3 is 5.97 Å². The fraction of sp³-hybridized carbons (Fsp3) is 0.364. The molecule has 5 nitrogen and oxygen atoms in total. The Morgan fingerprint density at radius 1 is 1.41 bits per heavy atom. The van der Waals surface area contributed by atoms with Gasteiger partial charge in [-0.15, -0.1) is 11.3 Å². The number of nitrogens with one attached hydrogen (secondary N) is 1. The van der Waals surface area contributed by atoms with Crippen LogP contribution in [0.1, 0.15) is 23.7 Å². The summed E-state index contributed by atoms with van der Waals surface area (Å²) in [6, 6.07) is 0. The third kappa shape index (κ3) is 3.67. The molecule has 6 heteroatoms. The third-order valence-corrected chi connectivity index (χ3v) is 3.21. The fourth-order valence-corrected chi connectivity index (χ4v) is 1.83. The number of carboxylic acids is 1. The summed E-state index contributed by atoms with van der Waals surface area (Å²) in [5, 5.41) is 12.2. The summed E-state index contributed by atoms with van der Waals surface area (Å²) in [5.74, 6) is -1.46. The maximum Gasteiger partial charge on any atom is 0.331 e. The molecule has 0 aromatic carbocycles. The van der Waals surface area contributed by atoms with Gasteiger partial charge in [-0.3, -0.25) is 4.79 Å². The number of nitrogens with zero attached hydrogens (tertiary/aromatic N) is 1. The normalized spacial score (nSPS) is 11.9. The predicted molar refractivity (Wildman–Crippen MR) is 64.7 cm³/mol. The Hall–Kier alpha value is -1.69. The number of thiazole rings is 1. The Bertz CT molecular complexity index is 477. The number of aliphatic carboxylic acids is 1. The Kier molecular flexibility index (Phi) is 4.39. The summed E-state index contributed by atoms with van der Waals surface area (Å²) in [5.41, 5.74) is 0.267. The first kappa shape index (κ1) is 13.4. The molecule has 0 bridgehead atoms. The quantitative estimate of drug-likeness (QED) is 0.798. The molecule has 0 aliphatic heterocycles. The highest BCUT2D eigenvalue weighted by molar-refractivity contribution is 7.11. The SMILES string of the molecule is C/C(C(=O)O)=C(/C)C(=O)NCc1ncc(C)s1. The van der Waals surface area contributed by atoms with E-state index in [-0.39, 0.29) is 17.1 Å². The van der Waals surface area contributed by atoms with E-state index in [9.17, 15) is 9.59 Å². The van der Waals surface area contributed by atoms with Crippen LogP contribution in [0.25, 0.3) is 0 Å². The summed E-state index contributed by atoms with van der Waals surface area (Å²) < 4.78 is 0. The molecule has 1 rings (SSSR count). The molecule has 0 atom stereocenters. The van der Waals surface area contributed by atoms with Gasteiger partial charge in [-0.25, -0.2) is 9.78 Å². The minimum atomic E-state index is -1.08. The third-order valence-electron chi connectivity index (χ3n) is 2.29. The van der Waals surface area contributed by atoms with E-state index in [2.05, 4.69) is 10.3 Å². The van der Waals surface area contributed by atoms with Crippen molar-refractivity contribution in [2.75, 3.05) is 0 Å². The Balaban J connectivity index is 2.62. The smallest absolute Gasteiger partial charge is 0.331 e. The number of hydrogen-bond acceptors (Lipinski definition) is 4. The van der Waals surface area contributed by atoms with Gasteiger partial charge in [-0.1, -0.05) is 0 Å². The molecule has 1 aromatic heterocycles. The van der Waals surface area contributed by atoms with E-state index in [4.69, 9.17) is 5.11 Å². The molecule has 0 fully saturated rings. The molecule has 92 valence electrons. The Morgan fingerprint density at radius 3 is 2.53 bits per heavy atom. The van der Waals surface area contributed by atoms with Crippen molar-refractivity contribution in [1.29, 1.82) is 0 Å². The fourth-order valence-electron chi connectivity index (χ4n) is 1.10. The highest BCUT2D eigenvalue weighted by Crippen LogP contribution is 2.11. The number of carboxylic acid groups (broad SMARTS) is 1. The Morgan fingerprint density at radius 2 is 2.06 bits per heavy atom. The monoisotopic (exact) mass is 254 g/mol. The second-order valence-corrected chi connectivity index (χ2v) is 4.92. The number of rotatable bonds is 4. The van der Waals surface area contributed by atoms with Gasteiger partial charge in [-0.2, -0.15) is 0 Å². The molecule has 2 N–H and O–H groups in total. The summed E-state index contributed by atoms with van der Waals surface area (Å²) in [7, 11) is 0. The van der Waals surface area contributed by atoms with Crippen LogP contribution in [0.5, 0.6) is 0 Å². The summed E-state index contributed by atoms with van der Waals surface area (Å²) in [4.78, 5) is 27.5. The molecule has 0 saturated carbocycles. The molecule has 1 amide bonds. The van der Waals surface area contributed by atoms with Crippen LogP contribution in [0, 0.1) is 6.92 Å². The van der Waals surface area contributed by atoms with Crippen molar-refractivity contribution >= 4 is 23.2 Å². The lowest BCUT2D eigenvalue weighted by atomic mass is 10.1. The van der Waals surface area contributed by atoms with Crippen molar-refractivity contribution < 1.29 is 14.7 Å². The predicted octanol–water partition coefficient (Wildman–Crippen LogP) is 1.49. The Labute approximate surface area is 103 Å². The molecule has 0 radical (unpaired) electrons. The van der Waals surface area contributed by atoms with Gasteiger partial charge in [-0.05, 0) is 20.8 Å². The summed E-state index contributed by atoms with van der Waals surface area (Å²) >= 11 is 1.50. The van der Waals surface area contributed by atoms with Gasteiger partial charge in [0.15, 0.2) is 0 Å². The minimum Gasteiger partial charge on any atom is -0.478 e. The maximum atomic E-state index is 11.6. The molecule has 1 heterocycles. The molecular weight excluding hydrogens is 240 g/mol. The molecule has 0 spiro atoms. The van der Waals surface area contributed by atoms with Crippen LogP contribution in [0.3, 0.4) is 0 Å². The first-order chi connectivity index (χ1) is 7.91. The van der Waals surface area contributed by atoms with E-state index in [1.54, 1.807) is 6.20 Å². The van der Waals surface area contributed by atoms with Crippen LogP contribution < -0.4 is 5.32 Å². The van der Waals surface area contributed by atoms with Crippen LogP contribution in [0.15, 0.2) is 17.3 Å². The maximum absolute atomic E-state index is 11.6. The molecule has 0 saturated heterocycles. The van der Waals surface area contributed by atoms with Crippen molar-refractivity contribution in [1.82, 2.24) is 10.3 Å². The number of amides is 1. The van der Waals surface area contributed by atoms with Gasteiger partial charge in [0.05, 0.1) is 6.54 Å². The topological polar surface area (TPSA) is 79.3 Å². The van der Waals surface area contributed by atoms with E-state index in [1.807, 2.05) is 6.92 Å². The molecule has 0 aliphatic carbocycles. The zero-order valence-corrected chi connectivity index (χ0v) is 10.7. The molecule has 17 heavy (non-hydrogen) atoms. The molecular formula is C11H14N2O3S. The zero-order chi connectivity index (χ0) is 13.0. The zero-order valence-electron chi connectivity index (χ0n) is 9.90. The van der Waals surface area contributed by atoms with Gasteiger partial charge in [0.25, 0.3) is 0 Å². The summed E-state index contributed by atoms with van der Waals surface area (Å²) in [6.45, 7) is 5.15. The lowest BCUT2D eigenvalue weighted by Gasteiger charge is -2.05. The van der Waals surface area contributed by atoms with Crippen LogP contribution in [0.2, 0.25) is 0 Å². The van der Waals surface area contributed by atoms with Crippen molar-refractivity contribution in [2.24, 2.45) is 0 Å². The van der Waals surface area contributed by atoms with Crippen molar-refractivity contribution in [3.63, 3.8) is 0 Å². The van der Waals surface area contributed by atoms with Gasteiger partial charge in [0.2, 0.25) is 5.91 Å². The lowest BCUT2D eigenvalue weighted by molar-refractivity contribution is -0.133. The standard InChI is InChI=1S/C11H14N2O3S/c1-6-4-12-9(17-6)5-13-10(14)7(2)8(3)11(15)16/h4H,5H2,1-3H3,(H,13,14)(H,15,16)/b8-7+. The highest BCUT2D eigenvalue weighted by Gasteiger charge is 2.12. The molecule has 0 aliphatic rings. The minimum absolute atomic E-state index is 0.0535. The second kappa shape index (κ2) is 5.58. The first-order valence-corrected chi connectivity index (χ1v) is 5.83. The average molecular weight is 254 g/mol.